The van der Waals surface area contributed by atoms with E-state index in [9.17, 15) is 0 Å². The van der Waals surface area contributed by atoms with Gasteiger partial charge in [-0.2, -0.15) is 0 Å². The standard InChI is InChI=1S/C19H20N5/c1-13-18(14-9-5-6-10-15(14)22(13)2)20-21-19-23(3)16-11-7-8-12-17(16)24(19)4/h5-12H,1-4H3/q+1. The minimum Gasteiger partial charge on any atom is -0.346 e. The van der Waals surface area contributed by atoms with Crippen molar-refractivity contribution in [1.82, 2.24) is 13.7 Å². The van der Waals surface area contributed by atoms with Crippen LogP contribution >= 0.6 is 0 Å². The van der Waals surface area contributed by atoms with Gasteiger partial charge in [0.05, 0.1) is 19.6 Å². The van der Waals surface area contributed by atoms with Gasteiger partial charge in [-0.3, -0.25) is 0 Å². The molecule has 5 heteroatoms. The second kappa shape index (κ2) is 5.25. The van der Waals surface area contributed by atoms with Gasteiger partial charge in [-0.1, -0.05) is 30.3 Å². The van der Waals surface area contributed by atoms with Crippen LogP contribution in [0.4, 0.5) is 5.69 Å². The van der Waals surface area contributed by atoms with E-state index in [0.717, 1.165) is 33.4 Å². The molecular formula is C19H20N5+. The van der Waals surface area contributed by atoms with Crippen LogP contribution in [-0.2, 0) is 21.1 Å². The second-order valence-electron chi connectivity index (χ2n) is 6.12. The van der Waals surface area contributed by atoms with Gasteiger partial charge in [0, 0.05) is 18.1 Å². The highest BCUT2D eigenvalue weighted by atomic mass is 15.2. The van der Waals surface area contributed by atoms with E-state index in [1.807, 2.05) is 38.4 Å². The number of imidazole rings is 1. The number of nitrogens with zero attached hydrogens (tertiary/aromatic N) is 5. The first-order valence-corrected chi connectivity index (χ1v) is 7.99. The summed E-state index contributed by atoms with van der Waals surface area (Å²) < 4.78 is 6.30. The van der Waals surface area contributed by atoms with Gasteiger partial charge in [-0.05, 0) is 30.2 Å². The Morgan fingerprint density at radius 3 is 1.92 bits per heavy atom. The molecule has 0 atom stereocenters. The predicted octanol–water partition coefficient (Wildman–Crippen LogP) is 3.21. The normalized spacial score (nSPS) is 11.2. The maximum absolute atomic E-state index is 4.60. The van der Waals surface area contributed by atoms with Gasteiger partial charge in [-0.25, -0.2) is 9.13 Å². The third kappa shape index (κ3) is 1.95. The fourth-order valence-electron chi connectivity index (χ4n) is 3.33. The second-order valence-corrected chi connectivity index (χ2v) is 6.12. The van der Waals surface area contributed by atoms with Gasteiger partial charge >= 0.3 is 5.62 Å². The van der Waals surface area contributed by atoms with Crippen LogP contribution in [0.15, 0.2) is 53.6 Å². The van der Waals surface area contributed by atoms with Crippen molar-refractivity contribution in [2.75, 3.05) is 0 Å². The molecule has 2 aromatic heterocycles. The molecule has 0 aliphatic rings. The van der Waals surface area contributed by atoms with Crippen LogP contribution in [0.3, 0.4) is 0 Å². The van der Waals surface area contributed by atoms with E-state index in [1.165, 1.54) is 5.52 Å². The summed E-state index contributed by atoms with van der Waals surface area (Å²) in [5.74, 6) is 0. The Kier molecular flexibility index (Phi) is 3.18. The predicted molar refractivity (Wildman–Crippen MR) is 95.0 cm³/mol. The Hall–Kier alpha value is -3.04. The highest BCUT2D eigenvalue weighted by molar-refractivity contribution is 5.93. The van der Waals surface area contributed by atoms with Gasteiger partial charge in [0.15, 0.2) is 0 Å². The number of para-hydroxylation sites is 3. The first-order valence-electron chi connectivity index (χ1n) is 7.99. The van der Waals surface area contributed by atoms with Crippen molar-refractivity contribution < 1.29 is 4.79 Å². The zero-order valence-electron chi connectivity index (χ0n) is 14.4. The summed E-state index contributed by atoms with van der Waals surface area (Å²) in [6, 6.07) is 16.6. The van der Waals surface area contributed by atoms with Crippen molar-refractivity contribution in [3.05, 3.63) is 59.8 Å². The Morgan fingerprint density at radius 2 is 1.29 bits per heavy atom. The molecule has 0 fully saturated rings. The van der Waals surface area contributed by atoms with Gasteiger partial charge in [0.1, 0.15) is 16.7 Å². The number of fused-ring (bicyclic) bond motifs is 2. The van der Waals surface area contributed by atoms with Gasteiger partial charge < -0.3 is 4.57 Å². The van der Waals surface area contributed by atoms with Crippen LogP contribution in [0.1, 0.15) is 5.69 Å². The molecule has 0 bridgehead atoms. The number of hydrogen-bond donors (Lipinski definition) is 0. The van der Waals surface area contributed by atoms with Crippen LogP contribution in [0, 0.1) is 6.92 Å². The van der Waals surface area contributed by atoms with E-state index in [0.29, 0.717) is 0 Å². The molecule has 0 aliphatic heterocycles. The molecule has 0 radical (unpaired) electrons. The van der Waals surface area contributed by atoms with Crippen molar-refractivity contribution in [1.29, 1.82) is 0 Å². The Morgan fingerprint density at radius 1 is 0.750 bits per heavy atom. The Bertz CT molecular complexity index is 1140. The fourth-order valence-corrected chi connectivity index (χ4v) is 3.33. The molecule has 4 rings (SSSR count). The highest BCUT2D eigenvalue weighted by Gasteiger charge is 2.15. The smallest absolute Gasteiger partial charge is 0.346 e. The molecule has 0 aliphatic carbocycles. The summed E-state index contributed by atoms with van der Waals surface area (Å²) in [5, 5.41) is 5.73. The largest absolute Gasteiger partial charge is 0.479 e. The van der Waals surface area contributed by atoms with E-state index < -0.39 is 0 Å². The number of benzene rings is 2. The van der Waals surface area contributed by atoms with E-state index in [4.69, 9.17) is 0 Å². The minimum absolute atomic E-state index is 0.823. The van der Waals surface area contributed by atoms with Crippen LogP contribution < -0.4 is 5.62 Å². The van der Waals surface area contributed by atoms with E-state index in [1.54, 1.807) is 0 Å². The molecule has 0 saturated heterocycles. The van der Waals surface area contributed by atoms with E-state index in [-0.39, 0.29) is 0 Å². The first-order chi connectivity index (χ1) is 11.6. The molecule has 4 aromatic rings. The summed E-state index contributed by atoms with van der Waals surface area (Å²) in [7, 11) is 6.10. The van der Waals surface area contributed by atoms with Gasteiger partial charge in [0.25, 0.3) is 0 Å². The lowest BCUT2D eigenvalue weighted by atomic mass is 10.2. The third-order valence-electron chi connectivity index (χ3n) is 4.81. The molecule has 120 valence electrons. The summed E-state index contributed by atoms with van der Waals surface area (Å²) in [5.41, 5.74) is 6.32. The topological polar surface area (TPSA) is 41.2 Å². The molecule has 0 amide bonds. The summed E-state index contributed by atoms with van der Waals surface area (Å²) in [6.45, 7) is 2.08. The van der Waals surface area contributed by atoms with Crippen LogP contribution in [0.25, 0.3) is 21.9 Å². The van der Waals surface area contributed by atoms with Crippen molar-refractivity contribution in [3.63, 3.8) is 0 Å². The van der Waals surface area contributed by atoms with Crippen LogP contribution in [-0.4, -0.2) is 18.5 Å². The molecule has 0 saturated carbocycles. The fraction of sp³-hybridized carbons (Fsp3) is 0.211. The number of rotatable bonds is 1. The van der Waals surface area contributed by atoms with Crippen molar-refractivity contribution in [2.24, 2.45) is 26.3 Å². The third-order valence-corrected chi connectivity index (χ3v) is 4.81. The molecule has 24 heavy (non-hydrogen) atoms. The first kappa shape index (κ1) is 14.5. The van der Waals surface area contributed by atoms with Crippen molar-refractivity contribution >= 4 is 27.6 Å². The molecule has 0 spiro atoms. The lowest BCUT2D eigenvalue weighted by Gasteiger charge is -1.96. The zero-order chi connectivity index (χ0) is 16.8. The average molecular weight is 318 g/mol. The number of aryl methyl sites for hydroxylation is 3. The quantitative estimate of drug-likeness (QED) is 0.382. The average Bonchev–Trinajstić information content (AvgIpc) is 3.00. The maximum atomic E-state index is 4.60. The number of hydrogen-bond acceptors (Lipinski definition) is 1. The molecule has 2 aromatic carbocycles. The summed E-state index contributed by atoms with van der Waals surface area (Å²) in [4.78, 5) is 4.57. The minimum atomic E-state index is 0.823. The van der Waals surface area contributed by atoms with E-state index in [2.05, 4.69) is 61.8 Å². The van der Waals surface area contributed by atoms with Gasteiger partial charge in [0.2, 0.25) is 0 Å². The molecule has 0 N–H and O–H groups in total. The summed E-state index contributed by atoms with van der Waals surface area (Å²) in [6.07, 6.45) is 0. The molecular weight excluding hydrogens is 298 g/mol. The monoisotopic (exact) mass is 318 g/mol. The van der Waals surface area contributed by atoms with E-state index >= 15 is 0 Å². The van der Waals surface area contributed by atoms with Crippen molar-refractivity contribution in [2.45, 2.75) is 6.92 Å². The number of aromatic nitrogens is 3. The SMILES string of the molecule is Cc1c(N=[N+]=c2n(C)c3ccccc3n2C)c2ccccc2n1C. The molecule has 5 nitrogen and oxygen atoms in total. The molecule has 2 heterocycles. The van der Waals surface area contributed by atoms with Gasteiger partial charge in [-0.15, -0.1) is 4.79 Å². The zero-order valence-corrected chi connectivity index (χ0v) is 14.4. The lowest BCUT2D eigenvalue weighted by Crippen LogP contribution is -2.23. The Balaban J connectivity index is 2.06. The molecule has 0 unspecified atom stereocenters. The Labute approximate surface area is 139 Å². The maximum Gasteiger partial charge on any atom is 0.479 e. The van der Waals surface area contributed by atoms with Crippen molar-refractivity contribution in [3.8, 4) is 0 Å². The lowest BCUT2D eigenvalue weighted by molar-refractivity contribution is -0.150. The highest BCUT2D eigenvalue weighted by Crippen LogP contribution is 2.31. The summed E-state index contributed by atoms with van der Waals surface area (Å²) >= 11 is 0. The van der Waals surface area contributed by atoms with Crippen LogP contribution in [0.5, 0.6) is 0 Å². The van der Waals surface area contributed by atoms with Crippen LogP contribution in [0.2, 0.25) is 0 Å².